The van der Waals surface area contributed by atoms with Crippen LogP contribution in [-0.4, -0.2) is 35.0 Å². The van der Waals surface area contributed by atoms with E-state index in [1.54, 1.807) is 25.3 Å². The van der Waals surface area contributed by atoms with Crippen molar-refractivity contribution in [3.63, 3.8) is 0 Å². The van der Waals surface area contributed by atoms with Crippen LogP contribution in [0.2, 0.25) is 0 Å². The number of para-hydroxylation sites is 1. The Morgan fingerprint density at radius 3 is 2.47 bits per heavy atom. The summed E-state index contributed by atoms with van der Waals surface area (Å²) in [4.78, 5) is 0.209. The predicted octanol–water partition coefficient (Wildman–Crippen LogP) is 1.12. The monoisotopic (exact) mass is 230 g/mol. The quantitative estimate of drug-likeness (QED) is 0.711. The Labute approximate surface area is 89.7 Å². The van der Waals surface area contributed by atoms with E-state index in [1.165, 1.54) is 6.07 Å². The molecule has 0 unspecified atom stereocenters. The maximum absolute atomic E-state index is 11.4. The lowest BCUT2D eigenvalue weighted by atomic mass is 10.3. The summed E-state index contributed by atoms with van der Waals surface area (Å²) in [5.41, 5.74) is 0. The van der Waals surface area contributed by atoms with E-state index in [2.05, 4.69) is 0 Å². The Balaban J connectivity index is 2.88. The topological polar surface area (TPSA) is 52.6 Å². The van der Waals surface area contributed by atoms with Gasteiger partial charge in [0.25, 0.3) is 0 Å². The van der Waals surface area contributed by atoms with Crippen molar-refractivity contribution in [2.75, 3.05) is 26.6 Å². The molecule has 84 valence electrons. The molecule has 0 radical (unpaired) electrons. The number of methoxy groups -OCH3 is 1. The molecule has 0 amide bonds. The van der Waals surface area contributed by atoms with Gasteiger partial charge in [0, 0.05) is 13.4 Å². The Hall–Kier alpha value is -1.07. The minimum atomic E-state index is -3.24. The summed E-state index contributed by atoms with van der Waals surface area (Å²) in [7, 11) is -1.68. The van der Waals surface area contributed by atoms with Crippen LogP contribution >= 0.6 is 0 Å². The SMILES string of the molecule is COCCOc1ccccc1S(C)(=O)=O. The molecule has 15 heavy (non-hydrogen) atoms. The molecule has 1 aromatic carbocycles. The van der Waals surface area contributed by atoms with Gasteiger partial charge in [-0.2, -0.15) is 0 Å². The number of rotatable bonds is 5. The Morgan fingerprint density at radius 1 is 1.20 bits per heavy atom. The minimum absolute atomic E-state index is 0.209. The number of sulfone groups is 1. The number of ether oxygens (including phenoxy) is 2. The summed E-state index contributed by atoms with van der Waals surface area (Å²) in [5.74, 6) is 0.372. The van der Waals surface area contributed by atoms with Gasteiger partial charge >= 0.3 is 0 Å². The normalized spacial score (nSPS) is 11.3. The van der Waals surface area contributed by atoms with Crippen molar-refractivity contribution in [2.45, 2.75) is 4.90 Å². The molecule has 5 heteroatoms. The lowest BCUT2D eigenvalue weighted by molar-refractivity contribution is 0.144. The van der Waals surface area contributed by atoms with Crippen molar-refractivity contribution in [3.8, 4) is 5.75 Å². The smallest absolute Gasteiger partial charge is 0.179 e. The summed E-state index contributed by atoms with van der Waals surface area (Å²) in [5, 5.41) is 0. The number of hydrogen-bond acceptors (Lipinski definition) is 4. The third-order valence-electron chi connectivity index (χ3n) is 1.79. The highest BCUT2D eigenvalue weighted by Gasteiger charge is 2.13. The van der Waals surface area contributed by atoms with Gasteiger partial charge in [-0.15, -0.1) is 0 Å². The van der Waals surface area contributed by atoms with Crippen molar-refractivity contribution in [1.82, 2.24) is 0 Å². The molecule has 0 bridgehead atoms. The van der Waals surface area contributed by atoms with Gasteiger partial charge in [-0.1, -0.05) is 12.1 Å². The van der Waals surface area contributed by atoms with Gasteiger partial charge in [0.05, 0.1) is 6.61 Å². The molecule has 0 aromatic heterocycles. The average molecular weight is 230 g/mol. The summed E-state index contributed by atoms with van der Waals surface area (Å²) < 4.78 is 32.9. The number of benzene rings is 1. The van der Waals surface area contributed by atoms with Crippen LogP contribution in [0.5, 0.6) is 5.75 Å². The maximum Gasteiger partial charge on any atom is 0.179 e. The van der Waals surface area contributed by atoms with Crippen molar-refractivity contribution in [1.29, 1.82) is 0 Å². The van der Waals surface area contributed by atoms with E-state index in [0.717, 1.165) is 6.26 Å². The molecule has 0 fully saturated rings. The van der Waals surface area contributed by atoms with Crippen LogP contribution in [0.1, 0.15) is 0 Å². The second kappa shape index (κ2) is 5.14. The van der Waals surface area contributed by atoms with Crippen LogP contribution in [0.3, 0.4) is 0 Å². The molecule has 0 saturated heterocycles. The fraction of sp³-hybridized carbons (Fsp3) is 0.400. The highest BCUT2D eigenvalue weighted by molar-refractivity contribution is 7.90. The van der Waals surface area contributed by atoms with Gasteiger partial charge in [0.2, 0.25) is 0 Å². The molecule has 0 aliphatic rings. The van der Waals surface area contributed by atoms with Crippen molar-refractivity contribution < 1.29 is 17.9 Å². The highest BCUT2D eigenvalue weighted by Crippen LogP contribution is 2.22. The largest absolute Gasteiger partial charge is 0.490 e. The van der Waals surface area contributed by atoms with Crippen LogP contribution in [0.4, 0.5) is 0 Å². The molecule has 0 atom stereocenters. The lowest BCUT2D eigenvalue weighted by Crippen LogP contribution is -2.07. The second-order valence-electron chi connectivity index (χ2n) is 3.06. The molecule has 0 aliphatic carbocycles. The molecule has 0 saturated carbocycles. The first-order valence-corrected chi connectivity index (χ1v) is 6.35. The van der Waals surface area contributed by atoms with Crippen LogP contribution < -0.4 is 4.74 Å². The molecule has 1 aromatic rings. The van der Waals surface area contributed by atoms with E-state index in [9.17, 15) is 8.42 Å². The zero-order valence-corrected chi connectivity index (χ0v) is 9.58. The van der Waals surface area contributed by atoms with E-state index in [-0.39, 0.29) is 4.90 Å². The van der Waals surface area contributed by atoms with Gasteiger partial charge in [0.1, 0.15) is 17.3 Å². The third-order valence-corrected chi connectivity index (χ3v) is 2.93. The first-order chi connectivity index (χ1) is 7.05. The van der Waals surface area contributed by atoms with Crippen molar-refractivity contribution in [2.24, 2.45) is 0 Å². The Bertz CT molecular complexity index is 411. The van der Waals surface area contributed by atoms with Crippen LogP contribution in [0.15, 0.2) is 29.2 Å². The van der Waals surface area contributed by atoms with E-state index >= 15 is 0 Å². The molecule has 0 heterocycles. The summed E-state index contributed by atoms with van der Waals surface area (Å²) in [6, 6.07) is 6.56. The zero-order chi connectivity index (χ0) is 11.3. The van der Waals surface area contributed by atoms with Gasteiger partial charge in [-0.05, 0) is 12.1 Å². The molecule has 0 N–H and O–H groups in total. The summed E-state index contributed by atoms with van der Waals surface area (Å²) in [6.45, 7) is 0.765. The maximum atomic E-state index is 11.4. The van der Waals surface area contributed by atoms with Gasteiger partial charge in [-0.3, -0.25) is 0 Å². The molecule has 0 aliphatic heterocycles. The van der Waals surface area contributed by atoms with Crippen LogP contribution in [-0.2, 0) is 14.6 Å². The minimum Gasteiger partial charge on any atom is -0.490 e. The third kappa shape index (κ3) is 3.53. The summed E-state index contributed by atoms with van der Waals surface area (Å²) in [6.07, 6.45) is 1.16. The first kappa shape index (κ1) is 12.0. The van der Waals surface area contributed by atoms with Gasteiger partial charge in [0.15, 0.2) is 9.84 Å². The number of hydrogen-bond donors (Lipinski definition) is 0. The first-order valence-electron chi connectivity index (χ1n) is 4.46. The zero-order valence-electron chi connectivity index (χ0n) is 8.76. The summed E-state index contributed by atoms with van der Waals surface area (Å²) >= 11 is 0. The van der Waals surface area contributed by atoms with Crippen molar-refractivity contribution >= 4 is 9.84 Å². The molecule has 0 spiro atoms. The second-order valence-corrected chi connectivity index (χ2v) is 5.04. The Kier molecular flexibility index (Phi) is 4.11. The lowest BCUT2D eigenvalue weighted by Gasteiger charge is -2.09. The standard InChI is InChI=1S/C10H14O4S/c1-13-7-8-14-9-5-3-4-6-10(9)15(2,11)12/h3-6H,7-8H2,1-2H3. The van der Waals surface area contributed by atoms with E-state index in [1.807, 2.05) is 0 Å². The molecular weight excluding hydrogens is 216 g/mol. The van der Waals surface area contributed by atoms with Gasteiger partial charge in [-0.25, -0.2) is 8.42 Å². The van der Waals surface area contributed by atoms with E-state index in [0.29, 0.717) is 19.0 Å². The molecule has 4 nitrogen and oxygen atoms in total. The van der Waals surface area contributed by atoms with Crippen LogP contribution in [0.25, 0.3) is 0 Å². The molecule has 1 rings (SSSR count). The van der Waals surface area contributed by atoms with Crippen LogP contribution in [0, 0.1) is 0 Å². The average Bonchev–Trinajstić information content (AvgIpc) is 2.17. The Morgan fingerprint density at radius 2 is 1.87 bits per heavy atom. The van der Waals surface area contributed by atoms with E-state index in [4.69, 9.17) is 9.47 Å². The predicted molar refractivity (Wildman–Crippen MR) is 56.9 cm³/mol. The highest BCUT2D eigenvalue weighted by atomic mass is 32.2. The van der Waals surface area contributed by atoms with Crippen molar-refractivity contribution in [3.05, 3.63) is 24.3 Å². The fourth-order valence-electron chi connectivity index (χ4n) is 1.11. The fourth-order valence-corrected chi connectivity index (χ4v) is 1.93. The molecular formula is C10H14O4S. The van der Waals surface area contributed by atoms with E-state index < -0.39 is 9.84 Å². The van der Waals surface area contributed by atoms with Gasteiger partial charge < -0.3 is 9.47 Å².